The molecule has 0 aliphatic carbocycles. The number of nitrogens with zero attached hydrogens (tertiary/aromatic N) is 3. The third-order valence-corrected chi connectivity index (χ3v) is 5.03. The van der Waals surface area contributed by atoms with Crippen LogP contribution >= 0.6 is 0 Å². The Bertz CT molecular complexity index is 1040. The van der Waals surface area contributed by atoms with Gasteiger partial charge in [-0.3, -0.25) is 9.48 Å². The van der Waals surface area contributed by atoms with Crippen LogP contribution in [0.5, 0.6) is 0 Å². The Morgan fingerprint density at radius 1 is 1.07 bits per heavy atom. The van der Waals surface area contributed by atoms with Gasteiger partial charge < -0.3 is 10.2 Å². The smallest absolute Gasteiger partial charge is 0.229 e. The SMILES string of the molecule is O=C(Cc1ccc(N2CCC(F)C2)cc1)Nc1ccn(Cc2ccc(F)c(F)c2)n1. The van der Waals surface area contributed by atoms with Gasteiger partial charge >= 0.3 is 0 Å². The molecule has 0 radical (unpaired) electrons. The highest BCUT2D eigenvalue weighted by Gasteiger charge is 2.21. The number of halogens is 3. The topological polar surface area (TPSA) is 50.2 Å². The first kappa shape index (κ1) is 20.0. The summed E-state index contributed by atoms with van der Waals surface area (Å²) in [6.45, 7) is 1.37. The standard InChI is InChI=1S/C22H21F3N4O/c23-17-7-9-28(14-17)18-4-1-15(2-5-18)12-22(30)26-21-8-10-29(27-21)13-16-3-6-19(24)20(25)11-16/h1-6,8,10-11,17H,7,9,12-14H2,(H,26,27,30). The summed E-state index contributed by atoms with van der Waals surface area (Å²) in [4.78, 5) is 14.3. The second kappa shape index (κ2) is 8.61. The summed E-state index contributed by atoms with van der Waals surface area (Å²) in [5, 5.41) is 6.97. The molecule has 0 spiro atoms. The first-order valence-corrected chi connectivity index (χ1v) is 9.71. The minimum atomic E-state index is -0.909. The Kier molecular flexibility index (Phi) is 5.74. The van der Waals surface area contributed by atoms with Crippen LogP contribution in [0.4, 0.5) is 24.7 Å². The average Bonchev–Trinajstić information content (AvgIpc) is 3.34. The van der Waals surface area contributed by atoms with Crippen LogP contribution in [-0.4, -0.2) is 34.9 Å². The van der Waals surface area contributed by atoms with E-state index in [4.69, 9.17) is 0 Å². The van der Waals surface area contributed by atoms with Crippen molar-refractivity contribution in [3.05, 3.63) is 77.5 Å². The van der Waals surface area contributed by atoms with E-state index in [1.54, 1.807) is 12.3 Å². The second-order valence-corrected chi connectivity index (χ2v) is 7.37. The van der Waals surface area contributed by atoms with E-state index in [1.807, 2.05) is 29.2 Å². The molecule has 8 heteroatoms. The Morgan fingerprint density at radius 2 is 1.83 bits per heavy atom. The number of alkyl halides is 1. The van der Waals surface area contributed by atoms with E-state index >= 15 is 0 Å². The summed E-state index contributed by atoms with van der Waals surface area (Å²) >= 11 is 0. The van der Waals surface area contributed by atoms with Crippen molar-refractivity contribution in [3.63, 3.8) is 0 Å². The van der Waals surface area contributed by atoms with E-state index in [-0.39, 0.29) is 18.9 Å². The average molecular weight is 414 g/mol. The van der Waals surface area contributed by atoms with Gasteiger partial charge in [0.2, 0.25) is 5.91 Å². The van der Waals surface area contributed by atoms with Crippen LogP contribution in [0.15, 0.2) is 54.7 Å². The van der Waals surface area contributed by atoms with Gasteiger partial charge in [0.15, 0.2) is 17.5 Å². The fourth-order valence-corrected chi connectivity index (χ4v) is 3.49. The van der Waals surface area contributed by atoms with Crippen LogP contribution in [0, 0.1) is 11.6 Å². The molecule has 1 amide bonds. The highest BCUT2D eigenvalue weighted by atomic mass is 19.2. The monoisotopic (exact) mass is 414 g/mol. The fourth-order valence-electron chi connectivity index (χ4n) is 3.49. The maximum absolute atomic E-state index is 13.3. The molecule has 1 unspecified atom stereocenters. The lowest BCUT2D eigenvalue weighted by atomic mass is 10.1. The normalized spacial score (nSPS) is 16.1. The zero-order valence-electron chi connectivity index (χ0n) is 16.2. The molecule has 1 fully saturated rings. The highest BCUT2D eigenvalue weighted by Crippen LogP contribution is 2.22. The van der Waals surface area contributed by atoms with E-state index in [0.29, 0.717) is 30.9 Å². The fraction of sp³-hybridized carbons (Fsp3) is 0.273. The molecular weight excluding hydrogens is 393 g/mol. The highest BCUT2D eigenvalue weighted by molar-refractivity contribution is 5.91. The van der Waals surface area contributed by atoms with Crippen molar-refractivity contribution in [2.24, 2.45) is 0 Å². The summed E-state index contributed by atoms with van der Waals surface area (Å²) in [6, 6.07) is 12.8. The molecule has 156 valence electrons. The van der Waals surface area contributed by atoms with E-state index in [0.717, 1.165) is 23.4 Å². The number of nitrogens with one attached hydrogen (secondary N) is 1. The number of benzene rings is 2. The number of amides is 1. The molecule has 0 bridgehead atoms. The van der Waals surface area contributed by atoms with Crippen molar-refractivity contribution < 1.29 is 18.0 Å². The summed E-state index contributed by atoms with van der Waals surface area (Å²) in [5.41, 5.74) is 2.36. The van der Waals surface area contributed by atoms with Gasteiger partial charge in [-0.05, 0) is 41.8 Å². The molecule has 3 aromatic rings. The van der Waals surface area contributed by atoms with Crippen molar-refractivity contribution in [1.29, 1.82) is 0 Å². The Hall–Kier alpha value is -3.29. The van der Waals surface area contributed by atoms with Gasteiger partial charge in [0, 0.05) is 31.0 Å². The first-order chi connectivity index (χ1) is 14.5. The van der Waals surface area contributed by atoms with Crippen LogP contribution in [0.2, 0.25) is 0 Å². The molecule has 30 heavy (non-hydrogen) atoms. The third kappa shape index (κ3) is 4.82. The summed E-state index contributed by atoms with van der Waals surface area (Å²) in [5.74, 6) is -1.64. The van der Waals surface area contributed by atoms with Gasteiger partial charge in [0.25, 0.3) is 0 Å². The first-order valence-electron chi connectivity index (χ1n) is 9.71. The number of rotatable bonds is 6. The van der Waals surface area contributed by atoms with Gasteiger partial charge in [-0.25, -0.2) is 13.2 Å². The number of aromatic nitrogens is 2. The predicted octanol–water partition coefficient (Wildman–Crippen LogP) is 3.94. The van der Waals surface area contributed by atoms with Crippen LogP contribution in [-0.2, 0) is 17.8 Å². The molecule has 2 aromatic carbocycles. The molecule has 1 saturated heterocycles. The molecule has 1 N–H and O–H groups in total. The lowest BCUT2D eigenvalue weighted by Crippen LogP contribution is -2.20. The zero-order chi connectivity index (χ0) is 21.1. The molecule has 4 rings (SSSR count). The zero-order valence-corrected chi connectivity index (χ0v) is 16.2. The minimum absolute atomic E-state index is 0.183. The molecule has 1 atom stereocenters. The van der Waals surface area contributed by atoms with Crippen molar-refractivity contribution in [3.8, 4) is 0 Å². The number of anilines is 2. The predicted molar refractivity (Wildman–Crippen MR) is 108 cm³/mol. The largest absolute Gasteiger partial charge is 0.369 e. The molecule has 1 aliphatic rings. The van der Waals surface area contributed by atoms with Crippen molar-refractivity contribution in [2.75, 3.05) is 23.3 Å². The molecule has 5 nitrogen and oxygen atoms in total. The van der Waals surface area contributed by atoms with Gasteiger partial charge in [0.1, 0.15) is 6.17 Å². The van der Waals surface area contributed by atoms with E-state index in [9.17, 15) is 18.0 Å². The lowest BCUT2D eigenvalue weighted by molar-refractivity contribution is -0.115. The maximum atomic E-state index is 13.3. The van der Waals surface area contributed by atoms with Crippen molar-refractivity contribution in [1.82, 2.24) is 9.78 Å². The molecule has 1 aromatic heterocycles. The Labute approximate surface area is 172 Å². The van der Waals surface area contributed by atoms with Gasteiger partial charge in [-0.2, -0.15) is 5.10 Å². The van der Waals surface area contributed by atoms with Gasteiger partial charge in [-0.15, -0.1) is 0 Å². The van der Waals surface area contributed by atoms with Crippen LogP contribution in [0.3, 0.4) is 0 Å². The number of carbonyl (C=O) groups excluding carboxylic acids is 1. The van der Waals surface area contributed by atoms with E-state index < -0.39 is 17.8 Å². The number of carbonyl (C=O) groups is 1. The lowest BCUT2D eigenvalue weighted by Gasteiger charge is -2.17. The van der Waals surface area contributed by atoms with Crippen molar-refractivity contribution >= 4 is 17.4 Å². The number of hydrogen-bond acceptors (Lipinski definition) is 3. The second-order valence-electron chi connectivity index (χ2n) is 7.37. The maximum Gasteiger partial charge on any atom is 0.229 e. The quantitative estimate of drug-likeness (QED) is 0.665. The van der Waals surface area contributed by atoms with E-state index in [2.05, 4.69) is 10.4 Å². The van der Waals surface area contributed by atoms with E-state index in [1.165, 1.54) is 10.7 Å². The van der Waals surface area contributed by atoms with Crippen LogP contribution < -0.4 is 10.2 Å². The summed E-state index contributed by atoms with van der Waals surface area (Å²) in [6.07, 6.45) is 1.60. The van der Waals surface area contributed by atoms with Gasteiger partial charge in [0.05, 0.1) is 13.0 Å². The van der Waals surface area contributed by atoms with Crippen molar-refractivity contribution in [2.45, 2.75) is 25.6 Å². The molecular formula is C22H21F3N4O. The van der Waals surface area contributed by atoms with Crippen LogP contribution in [0.1, 0.15) is 17.5 Å². The summed E-state index contributed by atoms with van der Waals surface area (Å²) in [7, 11) is 0. The summed E-state index contributed by atoms with van der Waals surface area (Å²) < 4.78 is 41.2. The van der Waals surface area contributed by atoms with Crippen LogP contribution in [0.25, 0.3) is 0 Å². The molecule has 2 heterocycles. The Balaban J connectivity index is 1.31. The minimum Gasteiger partial charge on any atom is -0.369 e. The van der Waals surface area contributed by atoms with Gasteiger partial charge in [-0.1, -0.05) is 18.2 Å². The molecule has 0 saturated carbocycles. The third-order valence-electron chi connectivity index (χ3n) is 5.03. The molecule has 1 aliphatic heterocycles. The number of hydrogen-bond donors (Lipinski definition) is 1. The Morgan fingerprint density at radius 3 is 2.53 bits per heavy atom.